The van der Waals surface area contributed by atoms with Crippen LogP contribution < -0.4 is 0 Å². The van der Waals surface area contributed by atoms with E-state index >= 15 is 0 Å². The van der Waals surface area contributed by atoms with E-state index in [-0.39, 0.29) is 0 Å². The van der Waals surface area contributed by atoms with Crippen LogP contribution in [0.15, 0.2) is 29.8 Å². The molecule has 0 radical (unpaired) electrons. The number of alkyl halides is 1. The van der Waals surface area contributed by atoms with Gasteiger partial charge in [-0.05, 0) is 18.6 Å². The Morgan fingerprint density at radius 3 is 3.00 bits per heavy atom. The number of para-hydroxylation sites is 1. The van der Waals surface area contributed by atoms with Crippen LogP contribution in [-0.2, 0) is 13.0 Å². The van der Waals surface area contributed by atoms with Crippen LogP contribution in [0.1, 0.15) is 16.4 Å². The topological polar surface area (TPSA) is 30.7 Å². The van der Waals surface area contributed by atoms with Gasteiger partial charge in [0.2, 0.25) is 0 Å². The number of aromatic nitrogens is 3. The molecule has 0 unspecified atom stereocenters. The van der Waals surface area contributed by atoms with Crippen LogP contribution in [-0.4, -0.2) is 20.4 Å². The van der Waals surface area contributed by atoms with Crippen molar-refractivity contribution in [1.29, 1.82) is 0 Å². The number of fused-ring (bicyclic) bond motifs is 1. The second-order valence-electron chi connectivity index (χ2n) is 4.42. The van der Waals surface area contributed by atoms with E-state index in [9.17, 15) is 0 Å². The van der Waals surface area contributed by atoms with Gasteiger partial charge >= 0.3 is 0 Å². The van der Waals surface area contributed by atoms with Crippen LogP contribution in [0.4, 0.5) is 0 Å². The van der Waals surface area contributed by atoms with Crippen LogP contribution in [0.25, 0.3) is 11.0 Å². The highest BCUT2D eigenvalue weighted by molar-refractivity contribution is 7.09. The Bertz CT molecular complexity index is 688. The Balaban J connectivity index is 2.13. The smallest absolute Gasteiger partial charge is 0.112 e. The number of hydrogen-bond acceptors (Lipinski definition) is 3. The number of imidazole rings is 1. The number of halogens is 1. The lowest BCUT2D eigenvalue weighted by atomic mass is 10.2. The fraction of sp³-hybridized carbons (Fsp3) is 0.286. The zero-order chi connectivity index (χ0) is 13.2. The molecular formula is C14H14ClN3S. The average molecular weight is 292 g/mol. The molecule has 0 spiro atoms. The van der Waals surface area contributed by atoms with Gasteiger partial charge in [-0.15, -0.1) is 22.9 Å². The summed E-state index contributed by atoms with van der Waals surface area (Å²) in [6.45, 7) is 2.86. The average Bonchev–Trinajstić information content (AvgIpc) is 3.01. The molecule has 0 saturated carbocycles. The zero-order valence-electron chi connectivity index (χ0n) is 10.6. The SMILES string of the molecule is Cc1cccc2c1nc(CCCl)n2Cc1nccs1. The van der Waals surface area contributed by atoms with Gasteiger partial charge in [0.1, 0.15) is 10.8 Å². The molecule has 2 aromatic heterocycles. The van der Waals surface area contributed by atoms with Crippen molar-refractivity contribution in [3.63, 3.8) is 0 Å². The first kappa shape index (κ1) is 12.6. The van der Waals surface area contributed by atoms with Crippen molar-refractivity contribution in [3.8, 4) is 0 Å². The molecule has 0 fully saturated rings. The zero-order valence-corrected chi connectivity index (χ0v) is 12.2. The van der Waals surface area contributed by atoms with Crippen molar-refractivity contribution in [3.05, 3.63) is 46.2 Å². The third kappa shape index (κ3) is 2.38. The van der Waals surface area contributed by atoms with E-state index in [1.807, 2.05) is 11.6 Å². The summed E-state index contributed by atoms with van der Waals surface area (Å²) in [4.78, 5) is 9.10. The van der Waals surface area contributed by atoms with E-state index in [2.05, 4.69) is 34.7 Å². The molecular weight excluding hydrogens is 278 g/mol. The number of benzene rings is 1. The minimum Gasteiger partial charge on any atom is -0.321 e. The van der Waals surface area contributed by atoms with Crippen LogP contribution in [0.3, 0.4) is 0 Å². The lowest BCUT2D eigenvalue weighted by Gasteiger charge is -2.06. The second-order valence-corrected chi connectivity index (χ2v) is 5.78. The van der Waals surface area contributed by atoms with Crippen LogP contribution in [0, 0.1) is 6.92 Å². The van der Waals surface area contributed by atoms with Gasteiger partial charge in [0, 0.05) is 23.9 Å². The summed E-state index contributed by atoms with van der Waals surface area (Å²) >= 11 is 7.56. The summed E-state index contributed by atoms with van der Waals surface area (Å²) in [5.41, 5.74) is 3.43. The maximum atomic E-state index is 5.89. The summed E-state index contributed by atoms with van der Waals surface area (Å²) < 4.78 is 2.23. The highest BCUT2D eigenvalue weighted by Crippen LogP contribution is 2.22. The molecule has 2 heterocycles. The molecule has 0 saturated heterocycles. The van der Waals surface area contributed by atoms with E-state index in [1.54, 1.807) is 11.3 Å². The number of hydrogen-bond donors (Lipinski definition) is 0. The van der Waals surface area contributed by atoms with E-state index in [1.165, 1.54) is 5.56 Å². The van der Waals surface area contributed by atoms with Gasteiger partial charge in [0.15, 0.2) is 0 Å². The highest BCUT2D eigenvalue weighted by Gasteiger charge is 2.12. The Morgan fingerprint density at radius 2 is 2.26 bits per heavy atom. The number of nitrogens with zero attached hydrogens (tertiary/aromatic N) is 3. The molecule has 0 amide bonds. The Labute approximate surface area is 120 Å². The highest BCUT2D eigenvalue weighted by atomic mass is 35.5. The molecule has 3 aromatic rings. The van der Waals surface area contributed by atoms with Gasteiger partial charge < -0.3 is 4.57 Å². The Morgan fingerprint density at radius 1 is 1.37 bits per heavy atom. The fourth-order valence-electron chi connectivity index (χ4n) is 2.25. The van der Waals surface area contributed by atoms with E-state index in [4.69, 9.17) is 16.6 Å². The van der Waals surface area contributed by atoms with Gasteiger partial charge in [-0.1, -0.05) is 12.1 Å². The van der Waals surface area contributed by atoms with Crippen LogP contribution in [0.5, 0.6) is 0 Å². The standard InChI is InChI=1S/C14H14ClN3S/c1-10-3-2-4-11-14(10)17-12(5-6-15)18(11)9-13-16-7-8-19-13/h2-4,7-8H,5-6,9H2,1H3. The monoisotopic (exact) mass is 291 g/mol. The molecule has 3 rings (SSSR count). The predicted octanol–water partition coefficient (Wildman–Crippen LogP) is 3.63. The van der Waals surface area contributed by atoms with E-state index in [0.717, 1.165) is 34.8 Å². The number of aryl methyl sites for hydroxylation is 2. The normalized spacial score (nSPS) is 11.3. The van der Waals surface area contributed by atoms with Crippen molar-refractivity contribution >= 4 is 34.0 Å². The molecule has 0 aliphatic carbocycles. The first-order chi connectivity index (χ1) is 9.29. The third-order valence-corrected chi connectivity index (χ3v) is 4.11. The molecule has 0 N–H and O–H groups in total. The Hall–Kier alpha value is -1.39. The minimum atomic E-state index is 0.584. The molecule has 19 heavy (non-hydrogen) atoms. The van der Waals surface area contributed by atoms with Crippen LogP contribution in [0.2, 0.25) is 0 Å². The molecule has 0 atom stereocenters. The lowest BCUT2D eigenvalue weighted by molar-refractivity contribution is 0.750. The fourth-order valence-corrected chi connectivity index (χ4v) is 3.03. The van der Waals surface area contributed by atoms with Gasteiger partial charge in [-0.2, -0.15) is 0 Å². The Kier molecular flexibility index (Phi) is 3.53. The molecule has 98 valence electrons. The van der Waals surface area contributed by atoms with Crippen molar-refractivity contribution in [2.75, 3.05) is 5.88 Å². The molecule has 1 aromatic carbocycles. The molecule has 0 aliphatic rings. The summed E-state index contributed by atoms with van der Waals surface area (Å²) in [6.07, 6.45) is 2.62. The largest absolute Gasteiger partial charge is 0.321 e. The van der Waals surface area contributed by atoms with Crippen molar-refractivity contribution < 1.29 is 0 Å². The van der Waals surface area contributed by atoms with Crippen molar-refractivity contribution in [2.24, 2.45) is 0 Å². The molecule has 3 nitrogen and oxygen atoms in total. The summed E-state index contributed by atoms with van der Waals surface area (Å²) in [5, 5.41) is 3.10. The van der Waals surface area contributed by atoms with Gasteiger partial charge in [-0.25, -0.2) is 9.97 Å². The van der Waals surface area contributed by atoms with Crippen molar-refractivity contribution in [1.82, 2.24) is 14.5 Å². The van der Waals surface area contributed by atoms with E-state index < -0.39 is 0 Å². The first-order valence-corrected chi connectivity index (χ1v) is 7.60. The minimum absolute atomic E-state index is 0.584. The molecule has 0 bridgehead atoms. The predicted molar refractivity (Wildman–Crippen MR) is 80.1 cm³/mol. The molecule has 0 aliphatic heterocycles. The first-order valence-electron chi connectivity index (χ1n) is 6.18. The lowest BCUT2D eigenvalue weighted by Crippen LogP contribution is -2.05. The quantitative estimate of drug-likeness (QED) is 0.687. The maximum absolute atomic E-state index is 5.89. The second kappa shape index (κ2) is 5.31. The number of thiazole rings is 1. The van der Waals surface area contributed by atoms with Gasteiger partial charge in [0.05, 0.1) is 17.6 Å². The van der Waals surface area contributed by atoms with Gasteiger partial charge in [0.25, 0.3) is 0 Å². The summed E-state index contributed by atoms with van der Waals surface area (Å²) in [6, 6.07) is 6.27. The number of rotatable bonds is 4. The summed E-state index contributed by atoms with van der Waals surface area (Å²) in [5.74, 6) is 1.62. The van der Waals surface area contributed by atoms with Gasteiger partial charge in [-0.3, -0.25) is 0 Å². The molecule has 5 heteroatoms. The van der Waals surface area contributed by atoms with E-state index in [0.29, 0.717) is 5.88 Å². The third-order valence-electron chi connectivity index (χ3n) is 3.15. The van der Waals surface area contributed by atoms with Crippen LogP contribution >= 0.6 is 22.9 Å². The summed E-state index contributed by atoms with van der Waals surface area (Å²) in [7, 11) is 0. The van der Waals surface area contributed by atoms with Crippen molar-refractivity contribution in [2.45, 2.75) is 19.9 Å². The maximum Gasteiger partial charge on any atom is 0.112 e.